The van der Waals surface area contributed by atoms with E-state index in [0.29, 0.717) is 17.7 Å². The molecule has 0 aliphatic rings. The molecule has 0 saturated heterocycles. The summed E-state index contributed by atoms with van der Waals surface area (Å²) in [5.74, 6) is -0.481. The Hall–Kier alpha value is -3.59. The van der Waals surface area contributed by atoms with Crippen LogP contribution in [-0.2, 0) is 20.7 Å². The van der Waals surface area contributed by atoms with Crippen molar-refractivity contribution in [2.75, 3.05) is 13.7 Å². The highest BCUT2D eigenvalue weighted by Gasteiger charge is 2.13. The lowest BCUT2D eigenvalue weighted by atomic mass is 10.1. The number of carbonyl (C=O) groups excluding carboxylic acids is 2. The molecule has 0 aromatic heterocycles. The average Bonchev–Trinajstić information content (AvgIpc) is 2.72. The van der Waals surface area contributed by atoms with E-state index in [4.69, 9.17) is 19.5 Å². The summed E-state index contributed by atoms with van der Waals surface area (Å²) in [5, 5.41) is 9.12. The van der Waals surface area contributed by atoms with Crippen molar-refractivity contribution in [2.45, 2.75) is 19.8 Å². The zero-order valence-corrected chi connectivity index (χ0v) is 15.8. The summed E-state index contributed by atoms with van der Waals surface area (Å²) in [6.45, 7) is 1.84. The van der Waals surface area contributed by atoms with Gasteiger partial charge in [-0.25, -0.2) is 4.79 Å². The summed E-state index contributed by atoms with van der Waals surface area (Å²) in [6.07, 6.45) is 2.20. The highest BCUT2D eigenvalue weighted by molar-refractivity contribution is 5.98. The highest BCUT2D eigenvalue weighted by atomic mass is 16.6. The minimum Gasteiger partial charge on any atom is -0.493 e. The van der Waals surface area contributed by atoms with Gasteiger partial charge in [-0.05, 0) is 42.7 Å². The van der Waals surface area contributed by atoms with Crippen LogP contribution in [0.5, 0.6) is 11.5 Å². The molecule has 0 aliphatic heterocycles. The Morgan fingerprint density at radius 2 is 1.86 bits per heavy atom. The molecule has 144 valence electrons. The molecule has 0 fully saturated rings. The smallest absolute Gasteiger partial charge is 0.348 e. The van der Waals surface area contributed by atoms with E-state index in [-0.39, 0.29) is 30.3 Å². The number of methoxy groups -OCH3 is 1. The molecular weight excluding hydrogens is 358 g/mol. The standard InChI is InChI=1S/C22H21NO5/c1-3-27-22(25)18(15-23)13-17-9-11-19(20(14-17)26-2)28-21(24)12-10-16-7-5-4-6-8-16/h4-9,11,13-14H,3,10,12H2,1-2H3/b18-13+. The molecule has 0 N–H and O–H groups in total. The second kappa shape index (κ2) is 10.5. The lowest BCUT2D eigenvalue weighted by Gasteiger charge is -2.10. The third-order valence-electron chi connectivity index (χ3n) is 3.80. The van der Waals surface area contributed by atoms with Crippen LogP contribution in [0.4, 0.5) is 0 Å². The van der Waals surface area contributed by atoms with Crippen molar-refractivity contribution in [1.82, 2.24) is 0 Å². The van der Waals surface area contributed by atoms with Gasteiger partial charge in [0, 0.05) is 6.42 Å². The molecule has 0 heterocycles. The fourth-order valence-electron chi connectivity index (χ4n) is 2.44. The predicted molar refractivity (Wildman–Crippen MR) is 104 cm³/mol. The van der Waals surface area contributed by atoms with Crippen molar-refractivity contribution in [1.29, 1.82) is 5.26 Å². The quantitative estimate of drug-likeness (QED) is 0.301. The SMILES string of the molecule is CCOC(=O)/C(C#N)=C/c1ccc(OC(=O)CCc2ccccc2)c(OC)c1. The Balaban J connectivity index is 2.09. The minimum atomic E-state index is -0.694. The molecule has 2 aromatic rings. The van der Waals surface area contributed by atoms with Crippen LogP contribution in [0.1, 0.15) is 24.5 Å². The summed E-state index contributed by atoms with van der Waals surface area (Å²) < 4.78 is 15.5. The second-order valence-electron chi connectivity index (χ2n) is 5.76. The van der Waals surface area contributed by atoms with Gasteiger partial charge in [-0.3, -0.25) is 4.79 Å². The number of carbonyl (C=O) groups is 2. The average molecular weight is 379 g/mol. The Morgan fingerprint density at radius 1 is 1.11 bits per heavy atom. The number of ether oxygens (including phenoxy) is 3. The van der Waals surface area contributed by atoms with E-state index < -0.39 is 5.97 Å². The number of benzene rings is 2. The van der Waals surface area contributed by atoms with Gasteiger partial charge in [-0.2, -0.15) is 5.26 Å². The number of rotatable bonds is 8. The summed E-state index contributed by atoms with van der Waals surface area (Å²) in [4.78, 5) is 23.9. The van der Waals surface area contributed by atoms with E-state index >= 15 is 0 Å². The molecule has 0 spiro atoms. The monoisotopic (exact) mass is 379 g/mol. The summed E-state index contributed by atoms with van der Waals surface area (Å²) in [6, 6.07) is 16.2. The van der Waals surface area contributed by atoms with Crippen LogP contribution in [0, 0.1) is 11.3 Å². The molecule has 2 aromatic carbocycles. The fraction of sp³-hybridized carbons (Fsp3) is 0.227. The van der Waals surface area contributed by atoms with Crippen LogP contribution in [0.15, 0.2) is 54.1 Å². The van der Waals surface area contributed by atoms with Crippen molar-refractivity contribution in [3.8, 4) is 17.6 Å². The maximum Gasteiger partial charge on any atom is 0.348 e. The third kappa shape index (κ3) is 5.99. The molecule has 0 aliphatic carbocycles. The van der Waals surface area contributed by atoms with E-state index in [1.165, 1.54) is 13.2 Å². The molecule has 2 rings (SSSR count). The van der Waals surface area contributed by atoms with Crippen LogP contribution in [0.2, 0.25) is 0 Å². The largest absolute Gasteiger partial charge is 0.493 e. The Morgan fingerprint density at radius 3 is 2.50 bits per heavy atom. The number of nitrogens with zero attached hydrogens (tertiary/aromatic N) is 1. The van der Waals surface area contributed by atoms with E-state index in [9.17, 15) is 9.59 Å². The molecule has 6 nitrogen and oxygen atoms in total. The fourth-order valence-corrected chi connectivity index (χ4v) is 2.44. The molecule has 0 bridgehead atoms. The van der Waals surface area contributed by atoms with Crippen molar-refractivity contribution >= 4 is 18.0 Å². The van der Waals surface area contributed by atoms with Gasteiger partial charge in [0.1, 0.15) is 11.6 Å². The molecule has 0 saturated carbocycles. The van der Waals surface area contributed by atoms with Crippen molar-refractivity contribution < 1.29 is 23.8 Å². The zero-order chi connectivity index (χ0) is 20.4. The van der Waals surface area contributed by atoms with E-state index in [1.54, 1.807) is 25.1 Å². The van der Waals surface area contributed by atoms with Crippen LogP contribution >= 0.6 is 0 Å². The van der Waals surface area contributed by atoms with Crippen LogP contribution < -0.4 is 9.47 Å². The van der Waals surface area contributed by atoms with Crippen LogP contribution in [0.3, 0.4) is 0 Å². The van der Waals surface area contributed by atoms with Crippen molar-refractivity contribution in [3.05, 3.63) is 65.2 Å². The predicted octanol–water partition coefficient (Wildman–Crippen LogP) is 3.70. The molecule has 0 amide bonds. The Kier molecular flexibility index (Phi) is 7.79. The first-order chi connectivity index (χ1) is 13.6. The number of nitriles is 1. The zero-order valence-electron chi connectivity index (χ0n) is 15.8. The first-order valence-corrected chi connectivity index (χ1v) is 8.79. The normalized spacial score (nSPS) is 10.7. The molecule has 6 heteroatoms. The third-order valence-corrected chi connectivity index (χ3v) is 3.80. The summed E-state index contributed by atoms with van der Waals surface area (Å²) >= 11 is 0. The Bertz CT molecular complexity index is 897. The van der Waals surface area contributed by atoms with Gasteiger partial charge < -0.3 is 14.2 Å². The second-order valence-corrected chi connectivity index (χ2v) is 5.76. The van der Waals surface area contributed by atoms with E-state index in [2.05, 4.69) is 0 Å². The van der Waals surface area contributed by atoms with Gasteiger partial charge in [0.05, 0.1) is 13.7 Å². The number of aryl methyl sites for hydroxylation is 1. The van der Waals surface area contributed by atoms with Crippen molar-refractivity contribution in [3.63, 3.8) is 0 Å². The van der Waals surface area contributed by atoms with Crippen LogP contribution in [-0.4, -0.2) is 25.7 Å². The molecule has 0 radical (unpaired) electrons. The van der Waals surface area contributed by atoms with Crippen molar-refractivity contribution in [2.24, 2.45) is 0 Å². The first kappa shape index (κ1) is 20.7. The lowest BCUT2D eigenvalue weighted by Crippen LogP contribution is -2.10. The van der Waals surface area contributed by atoms with Gasteiger partial charge in [-0.1, -0.05) is 36.4 Å². The molecule has 28 heavy (non-hydrogen) atoms. The summed E-state index contributed by atoms with van der Waals surface area (Å²) in [5.41, 5.74) is 1.47. The van der Waals surface area contributed by atoms with Gasteiger partial charge in [0.25, 0.3) is 0 Å². The van der Waals surface area contributed by atoms with Crippen LogP contribution in [0.25, 0.3) is 6.08 Å². The lowest BCUT2D eigenvalue weighted by molar-refractivity contribution is -0.138. The van der Waals surface area contributed by atoms with Gasteiger partial charge >= 0.3 is 11.9 Å². The number of hydrogen-bond donors (Lipinski definition) is 0. The van der Waals surface area contributed by atoms with E-state index in [1.807, 2.05) is 36.4 Å². The first-order valence-electron chi connectivity index (χ1n) is 8.79. The van der Waals surface area contributed by atoms with Gasteiger partial charge in [0.15, 0.2) is 11.5 Å². The number of hydrogen-bond acceptors (Lipinski definition) is 6. The van der Waals surface area contributed by atoms with Gasteiger partial charge in [-0.15, -0.1) is 0 Å². The molecular formula is C22H21NO5. The number of esters is 2. The minimum absolute atomic E-state index is 0.128. The molecule has 0 unspecified atom stereocenters. The maximum absolute atomic E-state index is 12.1. The Labute approximate surface area is 164 Å². The van der Waals surface area contributed by atoms with Gasteiger partial charge in [0.2, 0.25) is 0 Å². The summed E-state index contributed by atoms with van der Waals surface area (Å²) in [7, 11) is 1.45. The maximum atomic E-state index is 12.1. The molecule has 0 atom stereocenters. The topological polar surface area (TPSA) is 85.6 Å². The highest BCUT2D eigenvalue weighted by Crippen LogP contribution is 2.29. The van der Waals surface area contributed by atoms with E-state index in [0.717, 1.165) is 5.56 Å².